The van der Waals surface area contributed by atoms with Crippen molar-refractivity contribution in [1.82, 2.24) is 0 Å². The molecule has 1 atom stereocenters. The van der Waals surface area contributed by atoms with E-state index in [0.717, 1.165) is 5.92 Å². The highest BCUT2D eigenvalue weighted by atomic mass is 14.2. The van der Waals surface area contributed by atoms with Gasteiger partial charge in [-0.2, -0.15) is 0 Å². The molecule has 0 radical (unpaired) electrons. The molecule has 0 nitrogen and oxygen atoms in total. The van der Waals surface area contributed by atoms with Gasteiger partial charge in [0.2, 0.25) is 0 Å². The van der Waals surface area contributed by atoms with E-state index >= 15 is 0 Å². The molecule has 0 bridgehead atoms. The molecule has 3 aromatic rings. The van der Waals surface area contributed by atoms with Gasteiger partial charge in [0.15, 0.2) is 0 Å². The molecule has 0 amide bonds. The predicted molar refractivity (Wildman–Crippen MR) is 82.8 cm³/mol. The van der Waals surface area contributed by atoms with Crippen LogP contribution in [0.25, 0.3) is 21.5 Å². The summed E-state index contributed by atoms with van der Waals surface area (Å²) in [4.78, 5) is 0. The van der Waals surface area contributed by atoms with Gasteiger partial charge in [0.05, 0.1) is 0 Å². The highest BCUT2D eigenvalue weighted by Gasteiger charge is 2.17. The maximum Gasteiger partial charge on any atom is -0.0102 e. The summed E-state index contributed by atoms with van der Waals surface area (Å²) in [5.74, 6) is 0.722. The van der Waals surface area contributed by atoms with Gasteiger partial charge < -0.3 is 0 Å². The van der Waals surface area contributed by atoms with E-state index in [0.29, 0.717) is 0 Å². The van der Waals surface area contributed by atoms with E-state index < -0.39 is 0 Å². The minimum atomic E-state index is 0.722. The SMILES string of the molecule is CC1CCCc2cc3c(ccc4ccccc43)cc21. The lowest BCUT2D eigenvalue weighted by molar-refractivity contribution is 0.591. The molecule has 0 saturated carbocycles. The largest absolute Gasteiger partial charge is 0.0616 e. The van der Waals surface area contributed by atoms with Crippen LogP contribution in [0, 0.1) is 0 Å². The lowest BCUT2D eigenvalue weighted by atomic mass is 9.82. The first-order chi connectivity index (χ1) is 9.33. The molecule has 1 unspecified atom stereocenters. The Morgan fingerprint density at radius 1 is 0.895 bits per heavy atom. The molecule has 4 rings (SSSR count). The summed E-state index contributed by atoms with van der Waals surface area (Å²) in [6.45, 7) is 2.37. The Morgan fingerprint density at radius 3 is 2.68 bits per heavy atom. The van der Waals surface area contributed by atoms with Gasteiger partial charge in [0.1, 0.15) is 0 Å². The van der Waals surface area contributed by atoms with E-state index in [2.05, 4.69) is 55.5 Å². The maximum absolute atomic E-state index is 2.45. The summed E-state index contributed by atoms with van der Waals surface area (Å²) in [6, 6.07) is 18.1. The number of hydrogen-bond donors (Lipinski definition) is 0. The fraction of sp³-hybridized carbons (Fsp3) is 0.263. The van der Waals surface area contributed by atoms with Gasteiger partial charge in [-0.1, -0.05) is 55.5 Å². The second-order valence-corrected chi connectivity index (χ2v) is 5.85. The number of benzene rings is 3. The first-order valence-corrected chi connectivity index (χ1v) is 7.27. The Hall–Kier alpha value is -1.82. The van der Waals surface area contributed by atoms with E-state index in [1.165, 1.54) is 40.8 Å². The molecule has 0 heteroatoms. The quantitative estimate of drug-likeness (QED) is 0.464. The van der Waals surface area contributed by atoms with Crippen molar-refractivity contribution in [3.05, 3.63) is 59.7 Å². The molecule has 0 spiro atoms. The fourth-order valence-corrected chi connectivity index (χ4v) is 3.55. The molecule has 0 N–H and O–H groups in total. The first kappa shape index (κ1) is 11.0. The van der Waals surface area contributed by atoms with Crippen molar-refractivity contribution < 1.29 is 0 Å². The Balaban J connectivity index is 2.10. The van der Waals surface area contributed by atoms with Gasteiger partial charge in [-0.15, -0.1) is 0 Å². The lowest BCUT2D eigenvalue weighted by Crippen LogP contribution is -2.06. The zero-order valence-electron chi connectivity index (χ0n) is 11.3. The zero-order chi connectivity index (χ0) is 12.8. The molecular formula is C19H18. The van der Waals surface area contributed by atoms with Gasteiger partial charge in [-0.3, -0.25) is 0 Å². The molecular weight excluding hydrogens is 228 g/mol. The summed E-state index contributed by atoms with van der Waals surface area (Å²) in [5, 5.41) is 5.55. The number of fused-ring (bicyclic) bond motifs is 4. The molecule has 0 aromatic heterocycles. The smallest absolute Gasteiger partial charge is 0.0102 e. The third-order valence-electron chi connectivity index (χ3n) is 4.62. The minimum absolute atomic E-state index is 0.722. The molecule has 0 aliphatic heterocycles. The van der Waals surface area contributed by atoms with E-state index in [1.807, 2.05) is 0 Å². The van der Waals surface area contributed by atoms with Crippen LogP contribution in [0.1, 0.15) is 36.8 Å². The van der Waals surface area contributed by atoms with E-state index in [1.54, 1.807) is 11.1 Å². The third-order valence-corrected chi connectivity index (χ3v) is 4.62. The highest BCUT2D eigenvalue weighted by Crippen LogP contribution is 2.36. The van der Waals surface area contributed by atoms with Crippen molar-refractivity contribution in [2.45, 2.75) is 32.1 Å². The Bertz CT molecular complexity index is 767. The topological polar surface area (TPSA) is 0 Å². The van der Waals surface area contributed by atoms with Gasteiger partial charge in [0, 0.05) is 0 Å². The molecule has 1 aliphatic rings. The summed E-state index contributed by atoms with van der Waals surface area (Å²) < 4.78 is 0. The number of hydrogen-bond acceptors (Lipinski definition) is 0. The normalized spacial score (nSPS) is 18.7. The molecule has 94 valence electrons. The standard InChI is InChI=1S/C19H18/c1-13-5-4-7-15-12-19-16(11-18(13)15)10-9-14-6-2-3-8-17(14)19/h2-3,6,8-13H,4-5,7H2,1H3. The third kappa shape index (κ3) is 1.67. The van der Waals surface area contributed by atoms with Crippen molar-refractivity contribution in [1.29, 1.82) is 0 Å². The van der Waals surface area contributed by atoms with Crippen molar-refractivity contribution in [2.24, 2.45) is 0 Å². The van der Waals surface area contributed by atoms with Gasteiger partial charge in [0.25, 0.3) is 0 Å². The summed E-state index contributed by atoms with van der Waals surface area (Å²) >= 11 is 0. The predicted octanol–water partition coefficient (Wildman–Crippen LogP) is 5.43. The maximum atomic E-state index is 2.45. The Labute approximate surface area is 114 Å². The number of rotatable bonds is 0. The molecule has 0 fully saturated rings. The van der Waals surface area contributed by atoms with Crippen LogP contribution in [0.2, 0.25) is 0 Å². The zero-order valence-corrected chi connectivity index (χ0v) is 11.3. The van der Waals surface area contributed by atoms with Crippen LogP contribution in [-0.4, -0.2) is 0 Å². The first-order valence-electron chi connectivity index (χ1n) is 7.27. The van der Waals surface area contributed by atoms with Crippen LogP contribution in [-0.2, 0) is 6.42 Å². The van der Waals surface area contributed by atoms with Crippen LogP contribution in [0.5, 0.6) is 0 Å². The van der Waals surface area contributed by atoms with Gasteiger partial charge >= 0.3 is 0 Å². The second kappa shape index (κ2) is 4.09. The minimum Gasteiger partial charge on any atom is -0.0616 e. The van der Waals surface area contributed by atoms with Crippen molar-refractivity contribution in [3.8, 4) is 0 Å². The highest BCUT2D eigenvalue weighted by molar-refractivity contribution is 6.07. The van der Waals surface area contributed by atoms with Crippen LogP contribution in [0.4, 0.5) is 0 Å². The monoisotopic (exact) mass is 246 g/mol. The lowest BCUT2D eigenvalue weighted by Gasteiger charge is -2.23. The van der Waals surface area contributed by atoms with E-state index in [4.69, 9.17) is 0 Å². The Kier molecular flexibility index (Phi) is 2.38. The Morgan fingerprint density at radius 2 is 1.74 bits per heavy atom. The average molecular weight is 246 g/mol. The van der Waals surface area contributed by atoms with Crippen LogP contribution >= 0.6 is 0 Å². The average Bonchev–Trinajstić information content (AvgIpc) is 2.46. The van der Waals surface area contributed by atoms with Crippen LogP contribution in [0.3, 0.4) is 0 Å². The van der Waals surface area contributed by atoms with E-state index in [-0.39, 0.29) is 0 Å². The second-order valence-electron chi connectivity index (χ2n) is 5.85. The summed E-state index contributed by atoms with van der Waals surface area (Å²) in [7, 11) is 0. The van der Waals surface area contributed by atoms with Crippen LogP contribution in [0.15, 0.2) is 48.5 Å². The summed E-state index contributed by atoms with van der Waals surface area (Å²) in [6.07, 6.45) is 3.93. The molecule has 0 saturated heterocycles. The molecule has 19 heavy (non-hydrogen) atoms. The van der Waals surface area contributed by atoms with Crippen molar-refractivity contribution in [3.63, 3.8) is 0 Å². The fourth-order valence-electron chi connectivity index (χ4n) is 3.55. The van der Waals surface area contributed by atoms with E-state index in [9.17, 15) is 0 Å². The number of aryl methyl sites for hydroxylation is 1. The molecule has 0 heterocycles. The van der Waals surface area contributed by atoms with Crippen molar-refractivity contribution >= 4 is 21.5 Å². The summed E-state index contributed by atoms with van der Waals surface area (Å²) in [5.41, 5.74) is 3.15. The van der Waals surface area contributed by atoms with Crippen LogP contribution < -0.4 is 0 Å². The van der Waals surface area contributed by atoms with Crippen molar-refractivity contribution in [2.75, 3.05) is 0 Å². The molecule has 1 aliphatic carbocycles. The van der Waals surface area contributed by atoms with Gasteiger partial charge in [-0.25, -0.2) is 0 Å². The molecule has 3 aromatic carbocycles. The van der Waals surface area contributed by atoms with Gasteiger partial charge in [-0.05, 0) is 57.9 Å².